The molecule has 2 rings (SSSR count). The molecular formula is C12H18N4O4. The van der Waals surface area contributed by atoms with Crippen molar-refractivity contribution >= 4 is 12.0 Å². The molecule has 2 heterocycles. The number of ether oxygens (including phenoxy) is 1. The molecule has 0 spiro atoms. The van der Waals surface area contributed by atoms with Crippen LogP contribution in [0, 0.1) is 0 Å². The van der Waals surface area contributed by atoms with Crippen LogP contribution < -0.4 is 10.6 Å². The Balaban J connectivity index is 1.78. The fraction of sp³-hybridized carbons (Fsp3) is 0.583. The molecule has 1 saturated heterocycles. The second-order valence-corrected chi connectivity index (χ2v) is 4.66. The molecule has 8 nitrogen and oxygen atoms in total. The highest BCUT2D eigenvalue weighted by molar-refractivity contribution is 5.82. The van der Waals surface area contributed by atoms with E-state index in [-0.39, 0.29) is 12.5 Å². The number of urea groups is 1. The van der Waals surface area contributed by atoms with E-state index in [1.807, 2.05) is 0 Å². The molecule has 0 aliphatic carbocycles. The van der Waals surface area contributed by atoms with Crippen LogP contribution in [0.3, 0.4) is 0 Å². The predicted molar refractivity (Wildman–Crippen MR) is 69.2 cm³/mol. The Kier molecular flexibility index (Phi) is 4.94. The lowest BCUT2D eigenvalue weighted by atomic mass is 10.1. The zero-order valence-corrected chi connectivity index (χ0v) is 11.0. The number of amides is 2. The average molecular weight is 282 g/mol. The van der Waals surface area contributed by atoms with Crippen LogP contribution in [0.2, 0.25) is 0 Å². The number of hydrogen-bond acceptors (Lipinski definition) is 4. The van der Waals surface area contributed by atoms with Crippen molar-refractivity contribution in [3.8, 4) is 0 Å². The zero-order valence-electron chi connectivity index (χ0n) is 11.0. The lowest BCUT2D eigenvalue weighted by Crippen LogP contribution is -2.48. The first-order valence-corrected chi connectivity index (χ1v) is 6.51. The SMILES string of the molecule is O=C(NCC1CCCO1)N[C@@H](Cc1cnc[nH]1)C(=O)O. The summed E-state index contributed by atoms with van der Waals surface area (Å²) >= 11 is 0. The van der Waals surface area contributed by atoms with Gasteiger partial charge in [0, 0.05) is 31.5 Å². The zero-order chi connectivity index (χ0) is 14.4. The van der Waals surface area contributed by atoms with Gasteiger partial charge < -0.3 is 25.5 Å². The van der Waals surface area contributed by atoms with Gasteiger partial charge in [-0.3, -0.25) is 0 Å². The Bertz CT molecular complexity index is 442. The second-order valence-electron chi connectivity index (χ2n) is 4.66. The first-order chi connectivity index (χ1) is 9.65. The lowest BCUT2D eigenvalue weighted by molar-refractivity contribution is -0.139. The van der Waals surface area contributed by atoms with Crippen molar-refractivity contribution in [2.24, 2.45) is 0 Å². The Morgan fingerprint density at radius 3 is 3.05 bits per heavy atom. The Hall–Kier alpha value is -2.09. The van der Waals surface area contributed by atoms with Crippen molar-refractivity contribution in [1.29, 1.82) is 0 Å². The van der Waals surface area contributed by atoms with Gasteiger partial charge >= 0.3 is 12.0 Å². The number of H-pyrrole nitrogens is 1. The van der Waals surface area contributed by atoms with E-state index < -0.39 is 18.0 Å². The van der Waals surface area contributed by atoms with E-state index in [2.05, 4.69) is 20.6 Å². The van der Waals surface area contributed by atoms with Gasteiger partial charge in [0.1, 0.15) is 6.04 Å². The van der Waals surface area contributed by atoms with Crippen LogP contribution in [-0.2, 0) is 16.0 Å². The molecule has 0 bridgehead atoms. The summed E-state index contributed by atoms with van der Waals surface area (Å²) in [7, 11) is 0. The topological polar surface area (TPSA) is 116 Å². The monoisotopic (exact) mass is 282 g/mol. The van der Waals surface area contributed by atoms with Crippen LogP contribution in [0.5, 0.6) is 0 Å². The molecule has 1 aromatic heterocycles. The molecule has 1 aliphatic rings. The summed E-state index contributed by atoms with van der Waals surface area (Å²) in [6, 6.07) is -1.51. The minimum atomic E-state index is -1.09. The van der Waals surface area contributed by atoms with Gasteiger partial charge in [-0.15, -0.1) is 0 Å². The summed E-state index contributed by atoms with van der Waals surface area (Å²) in [4.78, 5) is 29.4. The van der Waals surface area contributed by atoms with Crippen molar-refractivity contribution in [3.05, 3.63) is 18.2 Å². The summed E-state index contributed by atoms with van der Waals surface area (Å²) < 4.78 is 5.37. The first-order valence-electron chi connectivity index (χ1n) is 6.51. The molecule has 1 aliphatic heterocycles. The van der Waals surface area contributed by atoms with Gasteiger partial charge in [-0.1, -0.05) is 0 Å². The fourth-order valence-corrected chi connectivity index (χ4v) is 2.04. The van der Waals surface area contributed by atoms with Crippen LogP contribution in [0.4, 0.5) is 4.79 Å². The summed E-state index contributed by atoms with van der Waals surface area (Å²) in [5, 5.41) is 14.2. The molecule has 8 heteroatoms. The Labute approximate surface area is 115 Å². The van der Waals surface area contributed by atoms with Crippen LogP contribution >= 0.6 is 0 Å². The number of carboxylic acid groups (broad SMARTS) is 1. The molecule has 110 valence electrons. The third-order valence-electron chi connectivity index (χ3n) is 3.10. The smallest absolute Gasteiger partial charge is 0.326 e. The minimum absolute atomic E-state index is 0.0247. The van der Waals surface area contributed by atoms with Gasteiger partial charge in [0.2, 0.25) is 0 Å². The van der Waals surface area contributed by atoms with Gasteiger partial charge in [0.25, 0.3) is 0 Å². The minimum Gasteiger partial charge on any atom is -0.480 e. The van der Waals surface area contributed by atoms with E-state index in [9.17, 15) is 9.59 Å². The van der Waals surface area contributed by atoms with E-state index in [1.54, 1.807) is 0 Å². The summed E-state index contributed by atoms with van der Waals surface area (Å²) in [6.45, 7) is 1.10. The Morgan fingerprint density at radius 1 is 1.60 bits per heavy atom. The van der Waals surface area contributed by atoms with E-state index in [4.69, 9.17) is 9.84 Å². The third-order valence-corrected chi connectivity index (χ3v) is 3.10. The number of carbonyl (C=O) groups is 2. The number of rotatable bonds is 6. The quantitative estimate of drug-likeness (QED) is 0.580. The average Bonchev–Trinajstić information content (AvgIpc) is 3.08. The van der Waals surface area contributed by atoms with Crippen molar-refractivity contribution in [1.82, 2.24) is 20.6 Å². The largest absolute Gasteiger partial charge is 0.480 e. The van der Waals surface area contributed by atoms with E-state index in [0.29, 0.717) is 18.8 Å². The number of hydrogen-bond donors (Lipinski definition) is 4. The standard InChI is InChI=1S/C12H18N4O4/c17-11(18)10(4-8-5-13-7-15-8)16-12(19)14-6-9-2-1-3-20-9/h5,7,9-10H,1-4,6H2,(H,13,15)(H,17,18)(H2,14,16,19)/t9?,10-/m0/s1. The number of carbonyl (C=O) groups excluding carboxylic acids is 1. The van der Waals surface area contributed by atoms with Crippen LogP contribution in [0.1, 0.15) is 18.5 Å². The number of imidazole rings is 1. The van der Waals surface area contributed by atoms with Gasteiger partial charge in [0.15, 0.2) is 0 Å². The number of nitrogens with one attached hydrogen (secondary N) is 3. The number of carboxylic acids is 1. The predicted octanol–water partition coefficient (Wildman–Crippen LogP) is -0.116. The van der Waals surface area contributed by atoms with Crippen molar-refractivity contribution in [2.45, 2.75) is 31.4 Å². The van der Waals surface area contributed by atoms with Crippen molar-refractivity contribution in [2.75, 3.05) is 13.2 Å². The first kappa shape index (κ1) is 14.3. The molecule has 1 aromatic rings. The molecule has 0 aromatic carbocycles. The van der Waals surface area contributed by atoms with Crippen molar-refractivity contribution < 1.29 is 19.4 Å². The number of nitrogens with zero attached hydrogens (tertiary/aromatic N) is 1. The molecule has 1 unspecified atom stereocenters. The number of aliphatic carboxylic acids is 1. The highest BCUT2D eigenvalue weighted by Crippen LogP contribution is 2.10. The van der Waals surface area contributed by atoms with Gasteiger partial charge in [-0.25, -0.2) is 14.6 Å². The van der Waals surface area contributed by atoms with Crippen LogP contribution in [0.15, 0.2) is 12.5 Å². The highest BCUT2D eigenvalue weighted by Gasteiger charge is 2.22. The molecule has 20 heavy (non-hydrogen) atoms. The molecule has 4 N–H and O–H groups in total. The van der Waals surface area contributed by atoms with E-state index >= 15 is 0 Å². The summed E-state index contributed by atoms with van der Waals surface area (Å²) in [5.74, 6) is -1.09. The maximum absolute atomic E-state index is 11.7. The van der Waals surface area contributed by atoms with Crippen molar-refractivity contribution in [3.63, 3.8) is 0 Å². The van der Waals surface area contributed by atoms with Gasteiger partial charge in [-0.2, -0.15) is 0 Å². The molecule has 2 amide bonds. The molecule has 0 radical (unpaired) electrons. The third kappa shape index (κ3) is 4.23. The molecule has 1 fully saturated rings. The maximum atomic E-state index is 11.7. The highest BCUT2D eigenvalue weighted by atomic mass is 16.5. The molecule has 0 saturated carbocycles. The van der Waals surface area contributed by atoms with E-state index in [1.165, 1.54) is 12.5 Å². The second kappa shape index (κ2) is 6.90. The summed E-state index contributed by atoms with van der Waals surface area (Å²) in [6.07, 6.45) is 5.08. The number of aromatic nitrogens is 2. The van der Waals surface area contributed by atoms with Gasteiger partial charge in [0.05, 0.1) is 12.4 Å². The fourth-order valence-electron chi connectivity index (χ4n) is 2.04. The van der Waals surface area contributed by atoms with Crippen LogP contribution in [-0.4, -0.2) is 52.4 Å². The van der Waals surface area contributed by atoms with E-state index in [0.717, 1.165) is 12.8 Å². The number of aromatic amines is 1. The molecular weight excluding hydrogens is 264 g/mol. The summed E-state index contributed by atoms with van der Waals surface area (Å²) in [5.41, 5.74) is 0.650. The van der Waals surface area contributed by atoms with Gasteiger partial charge in [-0.05, 0) is 12.8 Å². The maximum Gasteiger partial charge on any atom is 0.326 e. The lowest BCUT2D eigenvalue weighted by Gasteiger charge is -2.16. The molecule has 2 atom stereocenters. The normalized spacial score (nSPS) is 19.5. The Morgan fingerprint density at radius 2 is 2.45 bits per heavy atom. The van der Waals surface area contributed by atoms with Crippen LogP contribution in [0.25, 0.3) is 0 Å².